The van der Waals surface area contributed by atoms with Gasteiger partial charge in [-0.1, -0.05) is 0 Å². The number of hydrogen-bond donors (Lipinski definition) is 1. The molecule has 17 heavy (non-hydrogen) atoms. The zero-order valence-electron chi connectivity index (χ0n) is 9.80. The zero-order valence-corrected chi connectivity index (χ0v) is 10.6. The molecule has 2 rings (SSSR count). The summed E-state index contributed by atoms with van der Waals surface area (Å²) in [6.45, 7) is 2.61. The second-order valence-corrected chi connectivity index (χ2v) is 4.55. The quantitative estimate of drug-likeness (QED) is 0.780. The van der Waals surface area contributed by atoms with Crippen LogP contribution in [0.1, 0.15) is 0 Å². The van der Waals surface area contributed by atoms with Crippen molar-refractivity contribution in [2.75, 3.05) is 38.3 Å². The summed E-state index contributed by atoms with van der Waals surface area (Å²) in [6.07, 6.45) is 1.60. The Morgan fingerprint density at radius 1 is 1.41 bits per heavy atom. The number of aromatic nitrogens is 2. The molecule has 2 aromatic heterocycles. The van der Waals surface area contributed by atoms with Crippen LogP contribution in [0.5, 0.6) is 0 Å². The van der Waals surface area contributed by atoms with Gasteiger partial charge in [0.05, 0.1) is 18.6 Å². The standard InChI is InChI=1S/C11H16N4OS/c1-15(4-6-16-5-3-12)10-9-2-7-17-11(9)14-8-13-10/h2,7-8H,3-6,12H2,1H3. The van der Waals surface area contributed by atoms with Crippen molar-refractivity contribution in [1.29, 1.82) is 0 Å². The number of likely N-dealkylation sites (N-methyl/N-ethyl adjacent to an activating group) is 1. The van der Waals surface area contributed by atoms with E-state index in [4.69, 9.17) is 10.5 Å². The summed E-state index contributed by atoms with van der Waals surface area (Å²) in [7, 11) is 2.01. The Kier molecular flexibility index (Phi) is 4.24. The first-order valence-electron chi connectivity index (χ1n) is 5.50. The molecule has 2 N–H and O–H groups in total. The van der Waals surface area contributed by atoms with Crippen LogP contribution in [0.25, 0.3) is 10.2 Å². The lowest BCUT2D eigenvalue weighted by molar-refractivity contribution is 0.148. The van der Waals surface area contributed by atoms with Gasteiger partial charge in [0.25, 0.3) is 0 Å². The van der Waals surface area contributed by atoms with E-state index in [1.54, 1.807) is 17.7 Å². The number of nitrogens with zero attached hydrogens (tertiary/aromatic N) is 3. The highest BCUT2D eigenvalue weighted by molar-refractivity contribution is 7.16. The molecule has 0 amide bonds. The number of fused-ring (bicyclic) bond motifs is 1. The largest absolute Gasteiger partial charge is 0.378 e. The molecule has 0 spiro atoms. The minimum absolute atomic E-state index is 0.562. The summed E-state index contributed by atoms with van der Waals surface area (Å²) < 4.78 is 5.36. The molecule has 0 saturated carbocycles. The lowest BCUT2D eigenvalue weighted by Gasteiger charge is -2.18. The van der Waals surface area contributed by atoms with Crippen LogP contribution >= 0.6 is 11.3 Å². The van der Waals surface area contributed by atoms with Crippen molar-refractivity contribution in [3.63, 3.8) is 0 Å². The Labute approximate surface area is 104 Å². The van der Waals surface area contributed by atoms with Gasteiger partial charge in [0.2, 0.25) is 0 Å². The number of anilines is 1. The van der Waals surface area contributed by atoms with Crippen molar-refractivity contribution < 1.29 is 4.74 Å². The fourth-order valence-electron chi connectivity index (χ4n) is 1.57. The van der Waals surface area contributed by atoms with E-state index < -0.39 is 0 Å². The van der Waals surface area contributed by atoms with Crippen LogP contribution in [-0.2, 0) is 4.74 Å². The average Bonchev–Trinajstić information content (AvgIpc) is 2.82. The molecule has 0 aliphatic carbocycles. The smallest absolute Gasteiger partial charge is 0.140 e. The van der Waals surface area contributed by atoms with E-state index in [0.717, 1.165) is 22.6 Å². The summed E-state index contributed by atoms with van der Waals surface area (Å²) >= 11 is 1.63. The van der Waals surface area contributed by atoms with E-state index in [2.05, 4.69) is 14.9 Å². The first-order chi connectivity index (χ1) is 8.33. The highest BCUT2D eigenvalue weighted by Gasteiger charge is 2.08. The third kappa shape index (κ3) is 2.91. The Morgan fingerprint density at radius 3 is 3.12 bits per heavy atom. The van der Waals surface area contributed by atoms with Crippen molar-refractivity contribution in [3.05, 3.63) is 17.8 Å². The minimum Gasteiger partial charge on any atom is -0.378 e. The van der Waals surface area contributed by atoms with Crippen LogP contribution in [0.15, 0.2) is 17.8 Å². The van der Waals surface area contributed by atoms with Crippen LogP contribution in [0.4, 0.5) is 5.82 Å². The van der Waals surface area contributed by atoms with Gasteiger partial charge < -0.3 is 15.4 Å². The molecule has 0 radical (unpaired) electrons. The van der Waals surface area contributed by atoms with Crippen molar-refractivity contribution in [2.45, 2.75) is 0 Å². The van der Waals surface area contributed by atoms with Gasteiger partial charge in [-0.3, -0.25) is 0 Å². The summed E-state index contributed by atoms with van der Waals surface area (Å²) in [6, 6.07) is 2.05. The lowest BCUT2D eigenvalue weighted by Crippen LogP contribution is -2.24. The molecule has 0 atom stereocenters. The lowest BCUT2D eigenvalue weighted by atomic mass is 10.3. The Hall–Kier alpha value is -1.24. The van der Waals surface area contributed by atoms with E-state index in [0.29, 0.717) is 19.8 Å². The zero-order chi connectivity index (χ0) is 12.1. The fourth-order valence-corrected chi connectivity index (χ4v) is 2.30. The first kappa shape index (κ1) is 12.2. The van der Waals surface area contributed by atoms with Crippen molar-refractivity contribution in [2.24, 2.45) is 5.73 Å². The number of rotatable bonds is 6. The molecule has 5 nitrogen and oxygen atoms in total. The van der Waals surface area contributed by atoms with Gasteiger partial charge in [-0.2, -0.15) is 0 Å². The van der Waals surface area contributed by atoms with E-state index in [1.807, 2.05) is 18.5 Å². The summed E-state index contributed by atoms with van der Waals surface area (Å²) in [5, 5.41) is 3.13. The van der Waals surface area contributed by atoms with Gasteiger partial charge in [0, 0.05) is 20.1 Å². The van der Waals surface area contributed by atoms with Gasteiger partial charge in [-0.25, -0.2) is 9.97 Å². The predicted octanol–water partition coefficient (Wildman–Crippen LogP) is 1.10. The van der Waals surface area contributed by atoms with Crippen LogP contribution in [0, 0.1) is 0 Å². The molecule has 2 aromatic rings. The van der Waals surface area contributed by atoms with Crippen LogP contribution < -0.4 is 10.6 Å². The number of ether oxygens (including phenoxy) is 1. The molecular formula is C11H16N4OS. The van der Waals surface area contributed by atoms with E-state index in [1.165, 1.54) is 0 Å². The highest BCUT2D eigenvalue weighted by Crippen LogP contribution is 2.25. The fraction of sp³-hybridized carbons (Fsp3) is 0.455. The molecule has 6 heteroatoms. The Morgan fingerprint density at radius 2 is 2.29 bits per heavy atom. The molecule has 0 bridgehead atoms. The predicted molar refractivity (Wildman–Crippen MR) is 70.6 cm³/mol. The number of nitrogens with two attached hydrogens (primary N) is 1. The van der Waals surface area contributed by atoms with Crippen LogP contribution in [-0.4, -0.2) is 43.3 Å². The van der Waals surface area contributed by atoms with E-state index in [-0.39, 0.29) is 0 Å². The van der Waals surface area contributed by atoms with Crippen LogP contribution in [0.2, 0.25) is 0 Å². The highest BCUT2D eigenvalue weighted by atomic mass is 32.1. The molecule has 0 saturated heterocycles. The second-order valence-electron chi connectivity index (χ2n) is 3.66. The number of hydrogen-bond acceptors (Lipinski definition) is 6. The van der Waals surface area contributed by atoms with Gasteiger partial charge in [-0.05, 0) is 11.4 Å². The Balaban J connectivity index is 2.03. The van der Waals surface area contributed by atoms with Crippen molar-refractivity contribution in [3.8, 4) is 0 Å². The third-order valence-corrected chi connectivity index (χ3v) is 3.26. The number of thiophene rings is 1. The van der Waals surface area contributed by atoms with Gasteiger partial charge in [-0.15, -0.1) is 11.3 Å². The maximum Gasteiger partial charge on any atom is 0.140 e. The van der Waals surface area contributed by atoms with E-state index in [9.17, 15) is 0 Å². The van der Waals surface area contributed by atoms with Gasteiger partial charge in [0.1, 0.15) is 17.0 Å². The summed E-state index contributed by atoms with van der Waals surface area (Å²) in [5.74, 6) is 0.951. The average molecular weight is 252 g/mol. The van der Waals surface area contributed by atoms with Gasteiger partial charge in [0.15, 0.2) is 0 Å². The Bertz CT molecular complexity index is 473. The monoisotopic (exact) mass is 252 g/mol. The maximum absolute atomic E-state index is 5.36. The molecule has 0 aliphatic rings. The van der Waals surface area contributed by atoms with Crippen molar-refractivity contribution >= 4 is 27.4 Å². The van der Waals surface area contributed by atoms with Gasteiger partial charge >= 0.3 is 0 Å². The SMILES string of the molecule is CN(CCOCCN)c1ncnc2sccc12. The molecule has 0 fully saturated rings. The first-order valence-corrected chi connectivity index (χ1v) is 6.38. The second kappa shape index (κ2) is 5.90. The molecule has 92 valence electrons. The molecular weight excluding hydrogens is 236 g/mol. The molecule has 0 aliphatic heterocycles. The topological polar surface area (TPSA) is 64.3 Å². The summed E-state index contributed by atoms with van der Waals surface area (Å²) in [4.78, 5) is 11.6. The summed E-state index contributed by atoms with van der Waals surface area (Å²) in [5.41, 5.74) is 5.36. The van der Waals surface area contributed by atoms with Crippen molar-refractivity contribution in [1.82, 2.24) is 9.97 Å². The molecule has 2 heterocycles. The van der Waals surface area contributed by atoms with E-state index >= 15 is 0 Å². The third-order valence-electron chi connectivity index (χ3n) is 2.44. The normalized spacial score (nSPS) is 10.9. The molecule has 0 aromatic carbocycles. The van der Waals surface area contributed by atoms with Crippen LogP contribution in [0.3, 0.4) is 0 Å². The minimum atomic E-state index is 0.562. The molecule has 0 unspecified atom stereocenters. The maximum atomic E-state index is 5.36.